The molecule has 0 unspecified atom stereocenters. The van der Waals surface area contributed by atoms with Crippen LogP contribution in [0.5, 0.6) is 0 Å². The summed E-state index contributed by atoms with van der Waals surface area (Å²) in [6.45, 7) is 2.23. The number of hydrogen-bond donors (Lipinski definition) is 0. The molecule has 0 aliphatic carbocycles. The van der Waals surface area contributed by atoms with E-state index in [0.717, 1.165) is 16.7 Å². The molecule has 0 bridgehead atoms. The van der Waals surface area contributed by atoms with E-state index in [-0.39, 0.29) is 0 Å². The number of benzene rings is 2. The van der Waals surface area contributed by atoms with E-state index in [0.29, 0.717) is 0 Å². The number of halogens is 1. The molecule has 1 heterocycles. The van der Waals surface area contributed by atoms with Gasteiger partial charge in [-0.05, 0) is 51.4 Å². The lowest BCUT2D eigenvalue weighted by Gasteiger charge is -2.08. The molecule has 0 N–H and O–H groups in total. The van der Waals surface area contributed by atoms with Gasteiger partial charge in [0, 0.05) is 11.8 Å². The zero-order valence-electron chi connectivity index (χ0n) is 12.8. The Morgan fingerprint density at radius 2 is 1.68 bits per heavy atom. The number of unbranched alkanes of at least 4 members (excludes halogenated alkanes) is 1. The van der Waals surface area contributed by atoms with Crippen molar-refractivity contribution in [2.75, 3.05) is 0 Å². The van der Waals surface area contributed by atoms with Crippen LogP contribution in [0.3, 0.4) is 0 Å². The van der Waals surface area contributed by atoms with Gasteiger partial charge in [0.15, 0.2) is 0 Å². The second-order valence-electron chi connectivity index (χ2n) is 5.71. The average Bonchev–Trinajstić information content (AvgIpc) is 2.54. The maximum absolute atomic E-state index is 4.69. The van der Waals surface area contributed by atoms with Gasteiger partial charge >= 0.3 is 0 Å². The highest BCUT2D eigenvalue weighted by Gasteiger charge is 2.06. The smallest absolute Gasteiger partial charge is 0.107 e. The van der Waals surface area contributed by atoms with Gasteiger partial charge in [-0.25, -0.2) is 4.98 Å². The van der Waals surface area contributed by atoms with Gasteiger partial charge in [0.2, 0.25) is 0 Å². The van der Waals surface area contributed by atoms with Gasteiger partial charge in [0.1, 0.15) is 4.60 Å². The zero-order valence-corrected chi connectivity index (χ0v) is 14.4. The summed E-state index contributed by atoms with van der Waals surface area (Å²) in [6.07, 6.45) is 4.55. The van der Waals surface area contributed by atoms with E-state index >= 15 is 0 Å². The van der Waals surface area contributed by atoms with E-state index in [1.807, 2.05) is 0 Å². The van der Waals surface area contributed by atoms with Crippen molar-refractivity contribution in [2.24, 2.45) is 0 Å². The van der Waals surface area contributed by atoms with Crippen molar-refractivity contribution in [1.29, 1.82) is 0 Å². The molecule has 3 rings (SSSR count). The molecule has 0 saturated carbocycles. The van der Waals surface area contributed by atoms with E-state index in [1.54, 1.807) is 0 Å². The van der Waals surface area contributed by atoms with Crippen molar-refractivity contribution >= 4 is 26.7 Å². The summed E-state index contributed by atoms with van der Waals surface area (Å²) in [5, 5.41) is 2.47. The molecule has 22 heavy (non-hydrogen) atoms. The molecule has 112 valence electrons. The lowest BCUT2D eigenvalue weighted by molar-refractivity contribution is 0.794. The molecular weight excluding hydrogens is 334 g/mol. The van der Waals surface area contributed by atoms with Crippen molar-refractivity contribution in [3.05, 3.63) is 76.0 Å². The van der Waals surface area contributed by atoms with Crippen LogP contribution in [-0.2, 0) is 12.8 Å². The van der Waals surface area contributed by atoms with Gasteiger partial charge in [-0.1, -0.05) is 61.9 Å². The molecule has 1 nitrogen and oxygen atoms in total. The topological polar surface area (TPSA) is 12.9 Å². The Hall–Kier alpha value is -1.67. The maximum Gasteiger partial charge on any atom is 0.107 e. The molecule has 0 saturated heterocycles. The van der Waals surface area contributed by atoms with Crippen LogP contribution in [0.15, 0.2) is 59.2 Å². The first kappa shape index (κ1) is 15.2. The van der Waals surface area contributed by atoms with Crippen LogP contribution in [0.1, 0.15) is 36.6 Å². The minimum atomic E-state index is 0.869. The average molecular weight is 354 g/mol. The second kappa shape index (κ2) is 7.06. The van der Waals surface area contributed by atoms with Crippen molar-refractivity contribution in [1.82, 2.24) is 4.98 Å². The Morgan fingerprint density at radius 1 is 0.955 bits per heavy atom. The Balaban J connectivity index is 1.86. The first-order valence-electron chi connectivity index (χ1n) is 7.88. The monoisotopic (exact) mass is 353 g/mol. The molecular formula is C20H20BrN. The van der Waals surface area contributed by atoms with Crippen molar-refractivity contribution in [3.63, 3.8) is 0 Å². The number of nitrogens with zero attached hydrogens (tertiary/aromatic N) is 1. The highest BCUT2D eigenvalue weighted by atomic mass is 79.9. The number of hydrogen-bond acceptors (Lipinski definition) is 1. The SMILES string of the molecule is CCCCc1ccc(Cc2nc(Br)cc3ccccc23)cc1. The minimum absolute atomic E-state index is 0.869. The van der Waals surface area contributed by atoms with Crippen LogP contribution < -0.4 is 0 Å². The molecule has 0 amide bonds. The quantitative estimate of drug-likeness (QED) is 0.518. The fourth-order valence-electron chi connectivity index (χ4n) is 2.77. The summed E-state index contributed by atoms with van der Waals surface area (Å²) in [5.41, 5.74) is 3.87. The molecule has 0 aliphatic rings. The number of aromatic nitrogens is 1. The highest BCUT2D eigenvalue weighted by Crippen LogP contribution is 2.23. The van der Waals surface area contributed by atoms with E-state index < -0.39 is 0 Å². The van der Waals surface area contributed by atoms with Gasteiger partial charge in [-0.3, -0.25) is 0 Å². The van der Waals surface area contributed by atoms with Crippen LogP contribution in [0, 0.1) is 0 Å². The summed E-state index contributed by atoms with van der Waals surface area (Å²) in [7, 11) is 0. The molecule has 0 spiro atoms. The third-order valence-electron chi connectivity index (χ3n) is 4.00. The van der Waals surface area contributed by atoms with Gasteiger partial charge in [0.05, 0.1) is 5.69 Å². The summed E-state index contributed by atoms with van der Waals surface area (Å²) >= 11 is 3.53. The minimum Gasteiger partial charge on any atom is -0.245 e. The second-order valence-corrected chi connectivity index (χ2v) is 6.52. The van der Waals surface area contributed by atoms with E-state index in [1.165, 1.54) is 41.2 Å². The first-order chi connectivity index (χ1) is 10.8. The molecule has 1 aromatic heterocycles. The summed E-state index contributed by atoms with van der Waals surface area (Å²) in [4.78, 5) is 4.69. The molecule has 0 radical (unpaired) electrons. The fraction of sp³-hybridized carbons (Fsp3) is 0.250. The van der Waals surface area contributed by atoms with Crippen LogP contribution in [-0.4, -0.2) is 4.98 Å². The number of rotatable bonds is 5. The molecule has 2 aromatic carbocycles. The van der Waals surface area contributed by atoms with Gasteiger partial charge in [0.25, 0.3) is 0 Å². The van der Waals surface area contributed by atoms with Crippen molar-refractivity contribution in [3.8, 4) is 0 Å². The standard InChI is InChI=1S/C20H20BrN/c1-2-3-6-15-9-11-16(12-10-15)13-19-18-8-5-4-7-17(18)14-20(21)22-19/h4-5,7-12,14H,2-3,6,13H2,1H3. The zero-order chi connectivity index (χ0) is 15.4. The highest BCUT2D eigenvalue weighted by molar-refractivity contribution is 9.10. The maximum atomic E-state index is 4.69. The Bertz CT molecular complexity index is 762. The number of aryl methyl sites for hydroxylation is 1. The predicted molar refractivity (Wildman–Crippen MR) is 97.3 cm³/mol. The molecule has 0 aliphatic heterocycles. The lowest BCUT2D eigenvalue weighted by Crippen LogP contribution is -1.95. The largest absolute Gasteiger partial charge is 0.245 e. The predicted octanol–water partition coefficient (Wildman–Crippen LogP) is 5.93. The molecule has 2 heteroatoms. The van der Waals surface area contributed by atoms with Crippen LogP contribution >= 0.6 is 15.9 Å². The Labute approximate surface area is 140 Å². The first-order valence-corrected chi connectivity index (χ1v) is 8.67. The number of fused-ring (bicyclic) bond motifs is 1. The van der Waals surface area contributed by atoms with Crippen LogP contribution in [0.25, 0.3) is 10.8 Å². The Morgan fingerprint density at radius 3 is 2.45 bits per heavy atom. The van der Waals surface area contributed by atoms with Crippen LogP contribution in [0.4, 0.5) is 0 Å². The van der Waals surface area contributed by atoms with Crippen LogP contribution in [0.2, 0.25) is 0 Å². The fourth-order valence-corrected chi connectivity index (χ4v) is 3.23. The summed E-state index contributed by atoms with van der Waals surface area (Å²) < 4.78 is 0.903. The van der Waals surface area contributed by atoms with E-state index in [9.17, 15) is 0 Å². The van der Waals surface area contributed by atoms with E-state index in [4.69, 9.17) is 0 Å². The molecule has 0 fully saturated rings. The van der Waals surface area contributed by atoms with Crippen molar-refractivity contribution in [2.45, 2.75) is 32.6 Å². The van der Waals surface area contributed by atoms with Gasteiger partial charge in [-0.15, -0.1) is 0 Å². The Kier molecular flexibility index (Phi) is 4.89. The third-order valence-corrected chi connectivity index (χ3v) is 4.41. The van der Waals surface area contributed by atoms with Crippen molar-refractivity contribution < 1.29 is 0 Å². The lowest BCUT2D eigenvalue weighted by atomic mass is 10.0. The van der Waals surface area contributed by atoms with Gasteiger partial charge in [-0.2, -0.15) is 0 Å². The van der Waals surface area contributed by atoms with E-state index in [2.05, 4.69) is 82.4 Å². The molecule has 0 atom stereocenters. The normalized spacial score (nSPS) is 11.0. The third kappa shape index (κ3) is 3.56. The number of pyridine rings is 1. The van der Waals surface area contributed by atoms with Gasteiger partial charge < -0.3 is 0 Å². The molecule has 3 aromatic rings. The summed E-state index contributed by atoms with van der Waals surface area (Å²) in [5.74, 6) is 0. The summed E-state index contributed by atoms with van der Waals surface area (Å²) in [6, 6.07) is 19.5.